The SMILES string of the molecule is C#CC(C)=CCCCl. The van der Waals surface area contributed by atoms with Gasteiger partial charge in [0.05, 0.1) is 0 Å². The molecular weight excluding hydrogens is 120 g/mol. The van der Waals surface area contributed by atoms with Gasteiger partial charge in [-0.1, -0.05) is 12.0 Å². The summed E-state index contributed by atoms with van der Waals surface area (Å²) < 4.78 is 0. The first-order chi connectivity index (χ1) is 3.81. The maximum Gasteiger partial charge on any atom is 0.0258 e. The Labute approximate surface area is 55.5 Å². The fraction of sp³-hybridized carbons (Fsp3) is 0.429. The summed E-state index contributed by atoms with van der Waals surface area (Å²) in [6, 6.07) is 0. The van der Waals surface area contributed by atoms with Gasteiger partial charge in [0, 0.05) is 5.88 Å². The largest absolute Gasteiger partial charge is 0.126 e. The Morgan fingerprint density at radius 2 is 2.50 bits per heavy atom. The first kappa shape index (κ1) is 7.59. The summed E-state index contributed by atoms with van der Waals surface area (Å²) in [5.41, 5.74) is 0.964. The van der Waals surface area contributed by atoms with Crippen molar-refractivity contribution < 1.29 is 0 Å². The molecule has 0 aromatic heterocycles. The molecule has 0 spiro atoms. The van der Waals surface area contributed by atoms with Gasteiger partial charge in [-0.3, -0.25) is 0 Å². The third kappa shape index (κ3) is 3.77. The van der Waals surface area contributed by atoms with Gasteiger partial charge in [-0.2, -0.15) is 0 Å². The molecule has 0 saturated heterocycles. The van der Waals surface area contributed by atoms with Gasteiger partial charge in [0.1, 0.15) is 0 Å². The maximum absolute atomic E-state index is 5.39. The average molecular weight is 129 g/mol. The maximum atomic E-state index is 5.39. The summed E-state index contributed by atoms with van der Waals surface area (Å²) in [4.78, 5) is 0. The highest BCUT2D eigenvalue weighted by Crippen LogP contribution is 1.93. The molecule has 44 valence electrons. The van der Waals surface area contributed by atoms with E-state index in [0.717, 1.165) is 12.0 Å². The molecule has 0 saturated carbocycles. The zero-order valence-corrected chi connectivity index (χ0v) is 5.70. The second-order valence-electron chi connectivity index (χ2n) is 1.51. The van der Waals surface area contributed by atoms with E-state index in [0.29, 0.717) is 5.88 Å². The zero-order chi connectivity index (χ0) is 6.41. The Morgan fingerprint density at radius 1 is 1.88 bits per heavy atom. The molecule has 0 aliphatic heterocycles. The van der Waals surface area contributed by atoms with Gasteiger partial charge >= 0.3 is 0 Å². The van der Waals surface area contributed by atoms with Crippen LogP contribution in [0.15, 0.2) is 11.6 Å². The molecule has 0 aromatic rings. The van der Waals surface area contributed by atoms with Crippen LogP contribution in [0.3, 0.4) is 0 Å². The molecule has 0 bridgehead atoms. The summed E-state index contributed by atoms with van der Waals surface area (Å²) in [6.07, 6.45) is 7.88. The molecule has 0 aromatic carbocycles. The smallest absolute Gasteiger partial charge is 0.0258 e. The lowest BCUT2D eigenvalue weighted by atomic mass is 10.3. The van der Waals surface area contributed by atoms with Crippen LogP contribution in [0, 0.1) is 12.3 Å². The summed E-state index contributed by atoms with van der Waals surface area (Å²) in [6.45, 7) is 1.90. The van der Waals surface area contributed by atoms with Gasteiger partial charge in [-0.25, -0.2) is 0 Å². The molecule has 8 heavy (non-hydrogen) atoms. The Bertz CT molecular complexity index is 117. The third-order valence-corrected chi connectivity index (χ3v) is 1.01. The van der Waals surface area contributed by atoms with Crippen molar-refractivity contribution in [3.05, 3.63) is 11.6 Å². The Hall–Kier alpha value is -0.410. The Morgan fingerprint density at radius 3 is 2.88 bits per heavy atom. The van der Waals surface area contributed by atoms with Crippen LogP contribution in [0.5, 0.6) is 0 Å². The van der Waals surface area contributed by atoms with Crippen LogP contribution in [0.1, 0.15) is 13.3 Å². The zero-order valence-electron chi connectivity index (χ0n) is 4.95. The quantitative estimate of drug-likeness (QED) is 0.395. The van der Waals surface area contributed by atoms with E-state index in [-0.39, 0.29) is 0 Å². The molecule has 0 atom stereocenters. The Balaban J connectivity index is 3.46. The van der Waals surface area contributed by atoms with Gasteiger partial charge in [0.15, 0.2) is 0 Å². The van der Waals surface area contributed by atoms with Crippen molar-refractivity contribution >= 4 is 11.6 Å². The number of alkyl halides is 1. The highest BCUT2D eigenvalue weighted by atomic mass is 35.5. The van der Waals surface area contributed by atoms with Crippen LogP contribution in [0.2, 0.25) is 0 Å². The van der Waals surface area contributed by atoms with Crippen molar-refractivity contribution in [2.75, 3.05) is 5.88 Å². The second kappa shape index (κ2) is 4.74. The monoisotopic (exact) mass is 128 g/mol. The lowest BCUT2D eigenvalue weighted by molar-refractivity contribution is 1.21. The third-order valence-electron chi connectivity index (χ3n) is 0.787. The minimum atomic E-state index is 0.652. The minimum absolute atomic E-state index is 0.652. The first-order valence-electron chi connectivity index (χ1n) is 2.50. The predicted octanol–water partition coefficient (Wildman–Crippen LogP) is 2.19. The number of terminal acetylenes is 1. The molecule has 0 unspecified atom stereocenters. The van der Waals surface area contributed by atoms with Gasteiger partial charge in [-0.05, 0) is 18.9 Å². The topological polar surface area (TPSA) is 0 Å². The van der Waals surface area contributed by atoms with Crippen LogP contribution in [-0.4, -0.2) is 5.88 Å². The summed E-state index contributed by atoms with van der Waals surface area (Å²) in [5.74, 6) is 3.15. The lowest BCUT2D eigenvalue weighted by Crippen LogP contribution is -1.70. The molecule has 0 amide bonds. The van der Waals surface area contributed by atoms with Crippen LogP contribution in [-0.2, 0) is 0 Å². The summed E-state index contributed by atoms with van der Waals surface area (Å²) in [7, 11) is 0. The molecule has 1 heteroatoms. The molecule has 0 radical (unpaired) electrons. The minimum Gasteiger partial charge on any atom is -0.126 e. The van der Waals surface area contributed by atoms with Crippen molar-refractivity contribution in [2.45, 2.75) is 13.3 Å². The van der Waals surface area contributed by atoms with E-state index in [1.165, 1.54) is 0 Å². The molecule has 0 N–H and O–H groups in total. The fourth-order valence-electron chi connectivity index (χ4n) is 0.330. The van der Waals surface area contributed by atoms with Gasteiger partial charge in [0.25, 0.3) is 0 Å². The van der Waals surface area contributed by atoms with Crippen LogP contribution in [0.25, 0.3) is 0 Å². The standard InChI is InChI=1S/C7H9Cl/c1-3-7(2)5-4-6-8/h1,5H,4,6H2,2H3. The number of rotatable bonds is 2. The summed E-state index contributed by atoms with van der Waals surface area (Å²) >= 11 is 5.39. The van der Waals surface area contributed by atoms with Crippen molar-refractivity contribution in [1.29, 1.82) is 0 Å². The number of allylic oxidation sites excluding steroid dienone is 2. The van der Waals surface area contributed by atoms with Gasteiger partial charge in [0.2, 0.25) is 0 Å². The van der Waals surface area contributed by atoms with E-state index in [9.17, 15) is 0 Å². The molecule has 0 aliphatic carbocycles. The number of hydrogen-bond acceptors (Lipinski definition) is 0. The summed E-state index contributed by atoms with van der Waals surface area (Å²) in [5, 5.41) is 0. The van der Waals surface area contributed by atoms with Gasteiger partial charge in [-0.15, -0.1) is 18.0 Å². The molecule has 0 rings (SSSR count). The average Bonchev–Trinajstić information content (AvgIpc) is 1.83. The van der Waals surface area contributed by atoms with E-state index in [1.807, 2.05) is 13.0 Å². The predicted molar refractivity (Wildman–Crippen MR) is 37.9 cm³/mol. The molecule has 0 aliphatic rings. The van der Waals surface area contributed by atoms with Crippen LogP contribution in [0.4, 0.5) is 0 Å². The van der Waals surface area contributed by atoms with Crippen LogP contribution < -0.4 is 0 Å². The van der Waals surface area contributed by atoms with Crippen LogP contribution >= 0.6 is 11.6 Å². The molecule has 0 heterocycles. The second-order valence-corrected chi connectivity index (χ2v) is 1.89. The first-order valence-corrected chi connectivity index (χ1v) is 3.04. The van der Waals surface area contributed by atoms with E-state index in [1.54, 1.807) is 0 Å². The molecular formula is C7H9Cl. The molecule has 0 fully saturated rings. The Kier molecular flexibility index (Phi) is 4.50. The molecule has 0 nitrogen and oxygen atoms in total. The fourth-order valence-corrected chi connectivity index (χ4v) is 0.439. The van der Waals surface area contributed by atoms with Crippen molar-refractivity contribution in [1.82, 2.24) is 0 Å². The van der Waals surface area contributed by atoms with Crippen molar-refractivity contribution in [2.24, 2.45) is 0 Å². The number of halogens is 1. The van der Waals surface area contributed by atoms with E-state index >= 15 is 0 Å². The normalized spacial score (nSPS) is 10.9. The van der Waals surface area contributed by atoms with E-state index < -0.39 is 0 Å². The highest BCUT2D eigenvalue weighted by molar-refractivity contribution is 6.17. The van der Waals surface area contributed by atoms with E-state index in [2.05, 4.69) is 5.92 Å². The van der Waals surface area contributed by atoms with E-state index in [4.69, 9.17) is 18.0 Å². The lowest BCUT2D eigenvalue weighted by Gasteiger charge is -1.83. The van der Waals surface area contributed by atoms with Gasteiger partial charge < -0.3 is 0 Å². The van der Waals surface area contributed by atoms with Crippen molar-refractivity contribution in [3.63, 3.8) is 0 Å². The number of hydrogen-bond donors (Lipinski definition) is 0. The highest BCUT2D eigenvalue weighted by Gasteiger charge is 1.77. The van der Waals surface area contributed by atoms with Crippen molar-refractivity contribution in [3.8, 4) is 12.3 Å².